The van der Waals surface area contributed by atoms with Crippen LogP contribution in [0, 0.1) is 11.8 Å². The molecular formula is C19H25N. The Morgan fingerprint density at radius 2 is 1.75 bits per heavy atom. The first-order valence-electron chi connectivity index (χ1n) is 7.89. The van der Waals surface area contributed by atoms with Crippen LogP contribution in [0.5, 0.6) is 0 Å². The molecule has 0 spiro atoms. The van der Waals surface area contributed by atoms with Gasteiger partial charge in [-0.2, -0.15) is 0 Å². The maximum atomic E-state index is 6.42. The van der Waals surface area contributed by atoms with E-state index in [0.717, 1.165) is 11.8 Å². The predicted molar refractivity (Wildman–Crippen MR) is 86.8 cm³/mol. The van der Waals surface area contributed by atoms with Crippen molar-refractivity contribution in [1.29, 1.82) is 0 Å². The van der Waals surface area contributed by atoms with Crippen LogP contribution < -0.4 is 5.73 Å². The summed E-state index contributed by atoms with van der Waals surface area (Å²) >= 11 is 0. The lowest BCUT2D eigenvalue weighted by Gasteiger charge is -2.36. The van der Waals surface area contributed by atoms with Crippen LogP contribution in [0.3, 0.4) is 0 Å². The number of hydrogen-bond donors (Lipinski definition) is 1. The predicted octanol–water partition coefficient (Wildman–Crippen LogP) is 4.71. The highest BCUT2D eigenvalue weighted by atomic mass is 14.7. The van der Waals surface area contributed by atoms with Crippen LogP contribution in [0.25, 0.3) is 10.8 Å². The summed E-state index contributed by atoms with van der Waals surface area (Å²) in [6.45, 7) is 4.69. The summed E-state index contributed by atoms with van der Waals surface area (Å²) in [6.07, 6.45) is 3.71. The Hall–Kier alpha value is -1.34. The number of fused-ring (bicyclic) bond motifs is 1. The monoisotopic (exact) mass is 267 g/mol. The zero-order valence-electron chi connectivity index (χ0n) is 12.5. The molecule has 1 fully saturated rings. The molecule has 0 radical (unpaired) electrons. The molecule has 0 aromatic heterocycles. The molecule has 1 aliphatic carbocycles. The first-order valence-corrected chi connectivity index (χ1v) is 7.89. The molecule has 2 aromatic rings. The van der Waals surface area contributed by atoms with E-state index in [4.69, 9.17) is 5.73 Å². The van der Waals surface area contributed by atoms with Crippen molar-refractivity contribution in [3.63, 3.8) is 0 Å². The van der Waals surface area contributed by atoms with Crippen LogP contribution in [0.2, 0.25) is 0 Å². The summed E-state index contributed by atoms with van der Waals surface area (Å²) in [6, 6.07) is 15.8. The Kier molecular flexibility index (Phi) is 3.80. The molecule has 2 N–H and O–H groups in total. The third kappa shape index (κ3) is 2.60. The third-order valence-electron chi connectivity index (χ3n) is 5.09. The van der Waals surface area contributed by atoms with E-state index in [1.54, 1.807) is 0 Å². The first-order chi connectivity index (χ1) is 9.65. The molecule has 0 bridgehead atoms. The van der Waals surface area contributed by atoms with E-state index in [1.807, 2.05) is 0 Å². The maximum absolute atomic E-state index is 6.42. The van der Waals surface area contributed by atoms with E-state index in [0.29, 0.717) is 12.0 Å². The molecule has 1 heteroatoms. The molecule has 3 rings (SSSR count). The fraction of sp³-hybridized carbons (Fsp3) is 0.474. The molecule has 1 saturated carbocycles. The van der Waals surface area contributed by atoms with E-state index in [1.165, 1.54) is 35.6 Å². The van der Waals surface area contributed by atoms with Gasteiger partial charge in [-0.05, 0) is 53.4 Å². The summed E-state index contributed by atoms with van der Waals surface area (Å²) in [5.74, 6) is 2.12. The van der Waals surface area contributed by atoms with Gasteiger partial charge < -0.3 is 5.73 Å². The zero-order chi connectivity index (χ0) is 14.1. The Morgan fingerprint density at radius 3 is 2.50 bits per heavy atom. The van der Waals surface area contributed by atoms with Crippen molar-refractivity contribution >= 4 is 10.8 Å². The van der Waals surface area contributed by atoms with E-state index in [2.05, 4.69) is 56.3 Å². The topological polar surface area (TPSA) is 26.0 Å². The molecule has 1 nitrogen and oxygen atoms in total. The molecule has 20 heavy (non-hydrogen) atoms. The highest BCUT2D eigenvalue weighted by Crippen LogP contribution is 2.39. The molecule has 2 aromatic carbocycles. The molecule has 3 atom stereocenters. The van der Waals surface area contributed by atoms with Crippen molar-refractivity contribution in [3.05, 3.63) is 48.0 Å². The first kappa shape index (κ1) is 13.6. The van der Waals surface area contributed by atoms with Gasteiger partial charge in [0.15, 0.2) is 0 Å². The largest absolute Gasteiger partial charge is 0.327 e. The maximum Gasteiger partial charge on any atom is 0.0108 e. The van der Waals surface area contributed by atoms with Crippen LogP contribution in [-0.4, -0.2) is 6.04 Å². The molecular weight excluding hydrogens is 242 g/mol. The van der Waals surface area contributed by atoms with Gasteiger partial charge in [-0.15, -0.1) is 0 Å². The summed E-state index contributed by atoms with van der Waals surface area (Å²) in [5, 5.41) is 2.66. The van der Waals surface area contributed by atoms with Gasteiger partial charge in [0.25, 0.3) is 0 Å². The van der Waals surface area contributed by atoms with Gasteiger partial charge in [-0.1, -0.05) is 56.3 Å². The highest BCUT2D eigenvalue weighted by Gasteiger charge is 2.30. The smallest absolute Gasteiger partial charge is 0.0108 e. The van der Waals surface area contributed by atoms with Gasteiger partial charge in [0, 0.05) is 6.04 Å². The van der Waals surface area contributed by atoms with Crippen molar-refractivity contribution in [2.24, 2.45) is 17.6 Å². The minimum atomic E-state index is 0.325. The van der Waals surface area contributed by atoms with Crippen molar-refractivity contribution in [3.8, 4) is 0 Å². The van der Waals surface area contributed by atoms with Crippen molar-refractivity contribution < 1.29 is 0 Å². The SMILES string of the molecule is CC(C)C1CCC(N)C(c2ccc3ccccc3c2)C1. The quantitative estimate of drug-likeness (QED) is 0.838. The van der Waals surface area contributed by atoms with Gasteiger partial charge in [0.1, 0.15) is 0 Å². The van der Waals surface area contributed by atoms with Gasteiger partial charge in [0.2, 0.25) is 0 Å². The average molecular weight is 267 g/mol. The number of nitrogens with two attached hydrogens (primary N) is 1. The zero-order valence-corrected chi connectivity index (χ0v) is 12.5. The fourth-order valence-corrected chi connectivity index (χ4v) is 3.65. The Bertz CT molecular complexity index is 587. The van der Waals surface area contributed by atoms with Crippen LogP contribution in [0.15, 0.2) is 42.5 Å². The normalized spacial score (nSPS) is 27.1. The van der Waals surface area contributed by atoms with Crippen LogP contribution in [0.1, 0.15) is 44.6 Å². The lowest BCUT2D eigenvalue weighted by molar-refractivity contribution is 0.232. The Labute approximate surface area is 122 Å². The summed E-state index contributed by atoms with van der Waals surface area (Å²) in [5.41, 5.74) is 7.85. The van der Waals surface area contributed by atoms with Crippen molar-refractivity contribution in [2.75, 3.05) is 0 Å². The van der Waals surface area contributed by atoms with E-state index < -0.39 is 0 Å². The summed E-state index contributed by atoms with van der Waals surface area (Å²) < 4.78 is 0. The minimum Gasteiger partial charge on any atom is -0.327 e. The lowest BCUT2D eigenvalue weighted by atomic mass is 9.71. The summed E-state index contributed by atoms with van der Waals surface area (Å²) in [7, 11) is 0. The lowest BCUT2D eigenvalue weighted by Crippen LogP contribution is -2.35. The Morgan fingerprint density at radius 1 is 1.00 bits per heavy atom. The molecule has 0 heterocycles. The van der Waals surface area contributed by atoms with E-state index in [9.17, 15) is 0 Å². The Balaban J connectivity index is 1.91. The van der Waals surface area contributed by atoms with Gasteiger partial charge in [0.05, 0.1) is 0 Å². The van der Waals surface area contributed by atoms with E-state index >= 15 is 0 Å². The number of rotatable bonds is 2. The van der Waals surface area contributed by atoms with Gasteiger partial charge in [-0.3, -0.25) is 0 Å². The van der Waals surface area contributed by atoms with Crippen LogP contribution in [0.4, 0.5) is 0 Å². The molecule has 0 amide bonds. The van der Waals surface area contributed by atoms with Crippen molar-refractivity contribution in [2.45, 2.75) is 45.1 Å². The second-order valence-electron chi connectivity index (χ2n) is 6.69. The van der Waals surface area contributed by atoms with Gasteiger partial charge in [-0.25, -0.2) is 0 Å². The number of hydrogen-bond acceptors (Lipinski definition) is 1. The third-order valence-corrected chi connectivity index (χ3v) is 5.09. The minimum absolute atomic E-state index is 0.325. The number of benzene rings is 2. The van der Waals surface area contributed by atoms with Gasteiger partial charge >= 0.3 is 0 Å². The molecule has 1 aliphatic rings. The molecule has 106 valence electrons. The van der Waals surface area contributed by atoms with E-state index in [-0.39, 0.29) is 0 Å². The summed E-state index contributed by atoms with van der Waals surface area (Å²) in [4.78, 5) is 0. The second kappa shape index (κ2) is 5.57. The fourth-order valence-electron chi connectivity index (χ4n) is 3.65. The van der Waals surface area contributed by atoms with Crippen LogP contribution in [-0.2, 0) is 0 Å². The van der Waals surface area contributed by atoms with Crippen molar-refractivity contribution in [1.82, 2.24) is 0 Å². The molecule has 0 aliphatic heterocycles. The molecule has 0 saturated heterocycles. The molecule has 3 unspecified atom stereocenters. The van der Waals surface area contributed by atoms with Crippen LogP contribution >= 0.6 is 0 Å². The average Bonchev–Trinajstić information content (AvgIpc) is 2.47. The standard InChI is InChI=1S/C19H25N/c1-13(2)15-9-10-19(20)18(12-15)17-8-7-14-5-3-4-6-16(14)11-17/h3-8,11,13,15,18-19H,9-10,12,20H2,1-2H3. The second-order valence-corrected chi connectivity index (χ2v) is 6.69. The highest BCUT2D eigenvalue weighted by molar-refractivity contribution is 5.83.